The highest BCUT2D eigenvalue weighted by Crippen LogP contribution is 2.28. The molecule has 0 aliphatic carbocycles. The first kappa shape index (κ1) is 10.7. The Morgan fingerprint density at radius 2 is 1.39 bits per heavy atom. The van der Waals surface area contributed by atoms with Gasteiger partial charge in [0.15, 0.2) is 0 Å². The summed E-state index contributed by atoms with van der Waals surface area (Å²) in [6, 6.07) is 20.1. The van der Waals surface area contributed by atoms with Crippen LogP contribution in [-0.4, -0.2) is 9.97 Å². The summed E-state index contributed by atoms with van der Waals surface area (Å²) in [6.45, 7) is 0. The van der Waals surface area contributed by atoms with Crippen LogP contribution in [0.15, 0.2) is 73.1 Å². The predicted molar refractivity (Wildman–Crippen MR) is 72.9 cm³/mol. The van der Waals surface area contributed by atoms with E-state index < -0.39 is 0 Å². The van der Waals surface area contributed by atoms with Gasteiger partial charge in [-0.15, -0.1) is 0 Å². The molecular formula is C16H12N2. The van der Waals surface area contributed by atoms with Crippen molar-refractivity contribution in [2.45, 2.75) is 0 Å². The van der Waals surface area contributed by atoms with Crippen LogP contribution in [0.25, 0.3) is 22.5 Å². The molecule has 1 aromatic carbocycles. The fraction of sp³-hybridized carbons (Fsp3) is 0. The van der Waals surface area contributed by atoms with Crippen LogP contribution in [0.4, 0.5) is 0 Å². The van der Waals surface area contributed by atoms with Crippen LogP contribution in [-0.2, 0) is 0 Å². The second-order valence-corrected chi connectivity index (χ2v) is 3.98. The van der Waals surface area contributed by atoms with Gasteiger partial charge < -0.3 is 0 Å². The zero-order chi connectivity index (χ0) is 12.2. The Bertz CT molecular complexity index is 575. The zero-order valence-electron chi connectivity index (χ0n) is 9.82. The average Bonchev–Trinajstić information content (AvgIpc) is 2.49. The lowest BCUT2D eigenvalue weighted by molar-refractivity contribution is 1.28. The molecule has 2 aromatic heterocycles. The van der Waals surface area contributed by atoms with Crippen LogP contribution in [0.1, 0.15) is 0 Å². The number of pyridine rings is 2. The van der Waals surface area contributed by atoms with E-state index in [0.717, 1.165) is 22.5 Å². The number of hydrogen-bond donors (Lipinski definition) is 0. The third-order valence-electron chi connectivity index (χ3n) is 2.80. The van der Waals surface area contributed by atoms with Crippen LogP contribution < -0.4 is 0 Å². The van der Waals surface area contributed by atoms with E-state index in [0.29, 0.717) is 0 Å². The van der Waals surface area contributed by atoms with Crippen LogP contribution in [0.5, 0.6) is 0 Å². The molecule has 86 valence electrons. The zero-order valence-corrected chi connectivity index (χ0v) is 9.82. The van der Waals surface area contributed by atoms with Crippen molar-refractivity contribution in [1.82, 2.24) is 9.97 Å². The molecule has 2 nitrogen and oxygen atoms in total. The SMILES string of the molecule is c1ccc(-c2ncccc2-c2ccccn2)cc1. The largest absolute Gasteiger partial charge is 0.256 e. The van der Waals surface area contributed by atoms with Crippen molar-refractivity contribution in [3.8, 4) is 22.5 Å². The normalized spacial score (nSPS) is 10.2. The summed E-state index contributed by atoms with van der Waals surface area (Å²) in [5.41, 5.74) is 4.09. The fourth-order valence-corrected chi connectivity index (χ4v) is 1.96. The summed E-state index contributed by atoms with van der Waals surface area (Å²) in [6.07, 6.45) is 3.62. The Morgan fingerprint density at radius 1 is 0.611 bits per heavy atom. The van der Waals surface area contributed by atoms with Gasteiger partial charge in [-0.2, -0.15) is 0 Å². The monoisotopic (exact) mass is 232 g/mol. The Balaban J connectivity index is 2.18. The smallest absolute Gasteiger partial charge is 0.0795 e. The minimum Gasteiger partial charge on any atom is -0.256 e. The molecule has 2 heterocycles. The van der Waals surface area contributed by atoms with Gasteiger partial charge in [0.1, 0.15) is 0 Å². The first-order valence-corrected chi connectivity index (χ1v) is 5.87. The number of nitrogens with zero attached hydrogens (tertiary/aromatic N) is 2. The van der Waals surface area contributed by atoms with E-state index >= 15 is 0 Å². The molecule has 3 aromatic rings. The molecule has 0 bridgehead atoms. The summed E-state index contributed by atoms with van der Waals surface area (Å²) in [7, 11) is 0. The second kappa shape index (κ2) is 4.80. The van der Waals surface area contributed by atoms with E-state index in [1.165, 1.54) is 0 Å². The molecular weight excluding hydrogens is 220 g/mol. The van der Waals surface area contributed by atoms with E-state index in [-0.39, 0.29) is 0 Å². The van der Waals surface area contributed by atoms with Gasteiger partial charge in [-0.1, -0.05) is 36.4 Å². The third-order valence-corrected chi connectivity index (χ3v) is 2.80. The predicted octanol–water partition coefficient (Wildman–Crippen LogP) is 3.81. The molecule has 0 saturated heterocycles. The van der Waals surface area contributed by atoms with E-state index in [2.05, 4.69) is 28.2 Å². The van der Waals surface area contributed by atoms with Crippen molar-refractivity contribution < 1.29 is 0 Å². The number of benzene rings is 1. The van der Waals surface area contributed by atoms with Gasteiger partial charge >= 0.3 is 0 Å². The minimum absolute atomic E-state index is 0.949. The third kappa shape index (κ3) is 2.00. The fourth-order valence-electron chi connectivity index (χ4n) is 1.96. The van der Waals surface area contributed by atoms with Gasteiger partial charge in [-0.05, 0) is 24.3 Å². The maximum atomic E-state index is 4.49. The maximum absolute atomic E-state index is 4.49. The average molecular weight is 232 g/mol. The molecule has 18 heavy (non-hydrogen) atoms. The van der Waals surface area contributed by atoms with Crippen LogP contribution in [0.2, 0.25) is 0 Å². The van der Waals surface area contributed by atoms with Crippen molar-refractivity contribution in [1.29, 1.82) is 0 Å². The number of rotatable bonds is 2. The van der Waals surface area contributed by atoms with Gasteiger partial charge in [-0.25, -0.2) is 0 Å². The molecule has 0 aliphatic heterocycles. The lowest BCUT2D eigenvalue weighted by atomic mass is 10.0. The summed E-state index contributed by atoms with van der Waals surface area (Å²) in [5.74, 6) is 0. The minimum atomic E-state index is 0.949. The molecule has 0 radical (unpaired) electrons. The molecule has 0 unspecified atom stereocenters. The molecule has 0 saturated carbocycles. The Kier molecular flexibility index (Phi) is 2.84. The molecule has 3 rings (SSSR count). The van der Waals surface area contributed by atoms with Crippen LogP contribution >= 0.6 is 0 Å². The molecule has 0 spiro atoms. The molecule has 0 aliphatic rings. The summed E-state index contributed by atoms with van der Waals surface area (Å²) >= 11 is 0. The Morgan fingerprint density at radius 3 is 2.17 bits per heavy atom. The van der Waals surface area contributed by atoms with Gasteiger partial charge in [0.25, 0.3) is 0 Å². The summed E-state index contributed by atoms with van der Waals surface area (Å²) in [5, 5.41) is 0. The Hall–Kier alpha value is -2.48. The summed E-state index contributed by atoms with van der Waals surface area (Å²) in [4.78, 5) is 8.88. The first-order valence-electron chi connectivity index (χ1n) is 5.87. The molecule has 2 heteroatoms. The van der Waals surface area contributed by atoms with Crippen molar-refractivity contribution >= 4 is 0 Å². The van der Waals surface area contributed by atoms with E-state index in [1.807, 2.05) is 48.7 Å². The van der Waals surface area contributed by atoms with E-state index in [9.17, 15) is 0 Å². The first-order chi connectivity index (χ1) is 8.95. The van der Waals surface area contributed by atoms with Gasteiger partial charge in [-0.3, -0.25) is 9.97 Å². The van der Waals surface area contributed by atoms with Crippen molar-refractivity contribution in [2.24, 2.45) is 0 Å². The quantitative estimate of drug-likeness (QED) is 0.671. The molecule has 0 amide bonds. The van der Waals surface area contributed by atoms with E-state index in [4.69, 9.17) is 0 Å². The van der Waals surface area contributed by atoms with Gasteiger partial charge in [0.05, 0.1) is 11.4 Å². The van der Waals surface area contributed by atoms with Crippen molar-refractivity contribution in [2.75, 3.05) is 0 Å². The Labute approximate surface area is 106 Å². The lowest BCUT2D eigenvalue weighted by Gasteiger charge is -2.07. The standard InChI is InChI=1S/C16H12N2/c1-2-7-13(8-3-1)16-14(9-6-12-18-16)15-10-4-5-11-17-15/h1-12H. The summed E-state index contributed by atoms with van der Waals surface area (Å²) < 4.78 is 0. The highest BCUT2D eigenvalue weighted by atomic mass is 14.7. The van der Waals surface area contributed by atoms with Crippen molar-refractivity contribution in [3.63, 3.8) is 0 Å². The molecule has 0 fully saturated rings. The van der Waals surface area contributed by atoms with Crippen LogP contribution in [0.3, 0.4) is 0 Å². The molecule has 0 atom stereocenters. The second-order valence-electron chi connectivity index (χ2n) is 3.98. The van der Waals surface area contributed by atoms with Crippen LogP contribution in [0, 0.1) is 0 Å². The van der Waals surface area contributed by atoms with E-state index in [1.54, 1.807) is 6.20 Å². The van der Waals surface area contributed by atoms with Crippen molar-refractivity contribution in [3.05, 3.63) is 73.1 Å². The number of hydrogen-bond acceptors (Lipinski definition) is 2. The highest BCUT2D eigenvalue weighted by Gasteiger charge is 2.08. The maximum Gasteiger partial charge on any atom is 0.0795 e. The topological polar surface area (TPSA) is 25.8 Å². The van der Waals surface area contributed by atoms with Gasteiger partial charge in [0.2, 0.25) is 0 Å². The molecule has 0 N–H and O–H groups in total. The lowest BCUT2D eigenvalue weighted by Crippen LogP contribution is -1.90. The number of aromatic nitrogens is 2. The van der Waals surface area contributed by atoms with Gasteiger partial charge in [0, 0.05) is 23.5 Å². The highest BCUT2D eigenvalue weighted by molar-refractivity contribution is 5.78.